The molecule has 6 nitrogen and oxygen atoms in total. The number of hydrogen-bond acceptors (Lipinski definition) is 3. The molecule has 2 amide bonds. The minimum atomic E-state index is -0.874. The summed E-state index contributed by atoms with van der Waals surface area (Å²) < 4.78 is 5.40. The molecule has 0 fully saturated rings. The van der Waals surface area contributed by atoms with E-state index in [4.69, 9.17) is 9.84 Å². The third kappa shape index (κ3) is 5.60. The average Bonchev–Trinajstić information content (AvgIpc) is 2.38. The van der Waals surface area contributed by atoms with E-state index in [1.807, 2.05) is 13.0 Å². The van der Waals surface area contributed by atoms with Crippen LogP contribution in [0.5, 0.6) is 5.75 Å². The third-order valence-electron chi connectivity index (χ3n) is 2.57. The molecule has 0 saturated heterocycles. The van der Waals surface area contributed by atoms with E-state index in [0.29, 0.717) is 24.6 Å². The lowest BCUT2D eigenvalue weighted by Crippen LogP contribution is -2.33. The highest BCUT2D eigenvalue weighted by Gasteiger charge is 2.10. The smallest absolute Gasteiger partial charge is 0.319 e. The van der Waals surface area contributed by atoms with E-state index in [0.717, 1.165) is 0 Å². The van der Waals surface area contributed by atoms with E-state index in [1.165, 1.54) is 0 Å². The Kier molecular flexibility index (Phi) is 6.36. The van der Waals surface area contributed by atoms with Gasteiger partial charge in [-0.15, -0.1) is 0 Å². The first kappa shape index (κ1) is 15.8. The van der Waals surface area contributed by atoms with E-state index in [-0.39, 0.29) is 18.4 Å². The van der Waals surface area contributed by atoms with E-state index < -0.39 is 5.97 Å². The summed E-state index contributed by atoms with van der Waals surface area (Å²) in [5.74, 6) is -0.398. The zero-order valence-electron chi connectivity index (χ0n) is 11.7. The minimum Gasteiger partial charge on any atom is -0.492 e. The SMILES string of the molecule is CCOc1ccccc1NC(=O)NCC(C)CC(=O)O. The molecule has 1 aromatic carbocycles. The van der Waals surface area contributed by atoms with Crippen molar-refractivity contribution in [3.8, 4) is 5.75 Å². The number of carboxylic acids is 1. The van der Waals surface area contributed by atoms with Crippen LogP contribution < -0.4 is 15.4 Å². The summed E-state index contributed by atoms with van der Waals surface area (Å²) in [6.07, 6.45) is 0.0236. The molecule has 0 spiro atoms. The Bertz CT molecular complexity index is 462. The number of carboxylic acid groups (broad SMARTS) is 1. The van der Waals surface area contributed by atoms with Gasteiger partial charge in [-0.25, -0.2) is 4.79 Å². The van der Waals surface area contributed by atoms with Gasteiger partial charge < -0.3 is 20.5 Å². The standard InChI is InChI=1S/C14H20N2O4/c1-3-20-12-7-5-4-6-11(12)16-14(19)15-9-10(2)8-13(17)18/h4-7,10H,3,8-9H2,1-2H3,(H,17,18)(H2,15,16,19). The van der Waals surface area contributed by atoms with Gasteiger partial charge in [-0.1, -0.05) is 19.1 Å². The van der Waals surface area contributed by atoms with Gasteiger partial charge in [0.15, 0.2) is 0 Å². The molecule has 110 valence electrons. The molecule has 1 atom stereocenters. The van der Waals surface area contributed by atoms with Crippen LogP contribution in [0.15, 0.2) is 24.3 Å². The summed E-state index contributed by atoms with van der Waals surface area (Å²) in [5.41, 5.74) is 0.581. The van der Waals surface area contributed by atoms with Gasteiger partial charge in [0.05, 0.1) is 12.3 Å². The summed E-state index contributed by atoms with van der Waals surface area (Å²) >= 11 is 0. The first-order chi connectivity index (χ1) is 9.52. The van der Waals surface area contributed by atoms with Crippen molar-refractivity contribution in [2.24, 2.45) is 5.92 Å². The van der Waals surface area contributed by atoms with Gasteiger partial charge in [0.2, 0.25) is 0 Å². The number of carbonyl (C=O) groups is 2. The monoisotopic (exact) mass is 280 g/mol. The lowest BCUT2D eigenvalue weighted by Gasteiger charge is -2.13. The van der Waals surface area contributed by atoms with Gasteiger partial charge in [0, 0.05) is 13.0 Å². The van der Waals surface area contributed by atoms with Crippen LogP contribution in [0.3, 0.4) is 0 Å². The van der Waals surface area contributed by atoms with Crippen molar-refractivity contribution in [2.45, 2.75) is 20.3 Å². The summed E-state index contributed by atoms with van der Waals surface area (Å²) in [4.78, 5) is 22.3. The first-order valence-electron chi connectivity index (χ1n) is 6.51. The predicted molar refractivity (Wildman–Crippen MR) is 76.0 cm³/mol. The lowest BCUT2D eigenvalue weighted by molar-refractivity contribution is -0.137. The number of ether oxygens (including phenoxy) is 1. The second-order valence-electron chi connectivity index (χ2n) is 4.47. The molecule has 1 rings (SSSR count). The average molecular weight is 280 g/mol. The summed E-state index contributed by atoms with van der Waals surface area (Å²) in [7, 11) is 0. The van der Waals surface area contributed by atoms with Crippen LogP contribution >= 0.6 is 0 Å². The molecule has 6 heteroatoms. The van der Waals surface area contributed by atoms with Crippen LogP contribution in [0.25, 0.3) is 0 Å². The number of anilines is 1. The number of nitrogens with one attached hydrogen (secondary N) is 2. The predicted octanol–water partition coefficient (Wildman–Crippen LogP) is 2.32. The minimum absolute atomic E-state index is 0.0236. The van der Waals surface area contributed by atoms with Gasteiger partial charge >= 0.3 is 12.0 Å². The van der Waals surface area contributed by atoms with Gasteiger partial charge in [-0.3, -0.25) is 4.79 Å². The summed E-state index contributed by atoms with van der Waals surface area (Å²) in [5, 5.41) is 14.0. The number of aliphatic carboxylic acids is 1. The molecule has 1 unspecified atom stereocenters. The molecule has 0 aliphatic heterocycles. The number of carbonyl (C=O) groups excluding carboxylic acids is 1. The highest BCUT2D eigenvalue weighted by Crippen LogP contribution is 2.23. The molecule has 0 saturated carbocycles. The fourth-order valence-electron chi connectivity index (χ4n) is 1.65. The topological polar surface area (TPSA) is 87.7 Å². The zero-order valence-corrected chi connectivity index (χ0v) is 11.7. The van der Waals surface area contributed by atoms with Crippen LogP contribution in [-0.4, -0.2) is 30.3 Å². The number of para-hydroxylation sites is 2. The Morgan fingerprint density at radius 1 is 1.35 bits per heavy atom. The summed E-state index contributed by atoms with van der Waals surface area (Å²) in [6.45, 7) is 4.44. The Labute approximate surface area is 118 Å². The van der Waals surface area contributed by atoms with E-state index in [9.17, 15) is 9.59 Å². The van der Waals surface area contributed by atoms with E-state index in [2.05, 4.69) is 10.6 Å². The van der Waals surface area contributed by atoms with Gasteiger partial charge in [0.25, 0.3) is 0 Å². The number of hydrogen-bond donors (Lipinski definition) is 3. The van der Waals surface area contributed by atoms with Crippen LogP contribution in [0, 0.1) is 5.92 Å². The lowest BCUT2D eigenvalue weighted by atomic mass is 10.1. The van der Waals surface area contributed by atoms with Crippen molar-refractivity contribution in [1.82, 2.24) is 5.32 Å². The van der Waals surface area contributed by atoms with Gasteiger partial charge in [-0.05, 0) is 25.0 Å². The molecule has 1 aromatic rings. The molecule has 0 aromatic heterocycles. The molecule has 0 heterocycles. The Morgan fingerprint density at radius 3 is 2.70 bits per heavy atom. The molecule has 0 bridgehead atoms. The maximum Gasteiger partial charge on any atom is 0.319 e. The second-order valence-corrected chi connectivity index (χ2v) is 4.47. The van der Waals surface area contributed by atoms with Crippen molar-refractivity contribution in [1.29, 1.82) is 0 Å². The Morgan fingerprint density at radius 2 is 2.05 bits per heavy atom. The zero-order chi connectivity index (χ0) is 15.0. The van der Waals surface area contributed by atoms with E-state index >= 15 is 0 Å². The van der Waals surface area contributed by atoms with Crippen molar-refractivity contribution >= 4 is 17.7 Å². The number of benzene rings is 1. The highest BCUT2D eigenvalue weighted by molar-refractivity contribution is 5.90. The maximum atomic E-state index is 11.7. The van der Waals surface area contributed by atoms with Gasteiger partial charge in [0.1, 0.15) is 5.75 Å². The van der Waals surface area contributed by atoms with Crippen molar-refractivity contribution in [2.75, 3.05) is 18.5 Å². The van der Waals surface area contributed by atoms with Crippen LogP contribution in [0.2, 0.25) is 0 Å². The van der Waals surface area contributed by atoms with Crippen LogP contribution in [0.4, 0.5) is 10.5 Å². The molecule has 0 radical (unpaired) electrons. The van der Waals surface area contributed by atoms with Crippen molar-refractivity contribution in [3.05, 3.63) is 24.3 Å². The van der Waals surface area contributed by atoms with Crippen LogP contribution in [-0.2, 0) is 4.79 Å². The largest absolute Gasteiger partial charge is 0.492 e. The van der Waals surface area contributed by atoms with E-state index in [1.54, 1.807) is 25.1 Å². The van der Waals surface area contributed by atoms with Crippen molar-refractivity contribution < 1.29 is 19.4 Å². The molecular formula is C14H20N2O4. The number of amides is 2. The maximum absolute atomic E-state index is 11.7. The van der Waals surface area contributed by atoms with Crippen molar-refractivity contribution in [3.63, 3.8) is 0 Å². The second kappa shape index (κ2) is 8.04. The normalized spacial score (nSPS) is 11.5. The summed E-state index contributed by atoms with van der Waals surface area (Å²) in [6, 6.07) is 6.75. The van der Waals surface area contributed by atoms with Gasteiger partial charge in [-0.2, -0.15) is 0 Å². The molecule has 0 aliphatic carbocycles. The fraction of sp³-hybridized carbons (Fsp3) is 0.429. The molecular weight excluding hydrogens is 260 g/mol. The quantitative estimate of drug-likeness (QED) is 0.715. The Balaban J connectivity index is 2.48. The van der Waals surface area contributed by atoms with Crippen LogP contribution in [0.1, 0.15) is 20.3 Å². The molecule has 0 aliphatic rings. The highest BCUT2D eigenvalue weighted by atomic mass is 16.5. The first-order valence-corrected chi connectivity index (χ1v) is 6.51. The fourth-order valence-corrected chi connectivity index (χ4v) is 1.65. The Hall–Kier alpha value is -2.24. The number of rotatable bonds is 7. The third-order valence-corrected chi connectivity index (χ3v) is 2.57. The molecule has 3 N–H and O–H groups in total. The number of urea groups is 1. The molecule has 20 heavy (non-hydrogen) atoms.